The Kier molecular flexibility index (Phi) is 5.34. The number of hydrogen-bond acceptors (Lipinski definition) is 5. The number of likely N-dealkylation sites (tertiary alicyclic amines) is 1. The fourth-order valence-electron chi connectivity index (χ4n) is 3.47. The number of benzene rings is 1. The highest BCUT2D eigenvalue weighted by Crippen LogP contribution is 2.23. The van der Waals surface area contributed by atoms with Gasteiger partial charge in [0.15, 0.2) is 11.5 Å². The number of piperidine rings is 1. The molecule has 146 valence electrons. The zero-order valence-corrected chi connectivity index (χ0v) is 16.3. The average molecular weight is 400 g/mol. The lowest BCUT2D eigenvalue weighted by Crippen LogP contribution is -2.49. The van der Waals surface area contributed by atoms with E-state index in [4.69, 9.17) is 16.3 Å². The van der Waals surface area contributed by atoms with Gasteiger partial charge in [-0.3, -0.25) is 4.40 Å². The van der Waals surface area contributed by atoms with Crippen LogP contribution in [0.2, 0.25) is 5.15 Å². The van der Waals surface area contributed by atoms with E-state index < -0.39 is 0 Å². The Morgan fingerprint density at radius 2 is 2.11 bits per heavy atom. The molecule has 0 unspecified atom stereocenters. The standard InChI is InChI=1S/C20H22ClN5O2/c1-14-7-8-16(24-18-19-23-11-17(21)25(19)10-9-22-18)12-26(14)20(27)28-13-15-5-3-2-4-6-15/h2-6,9-11,14,16H,7-8,12-13H2,1H3,(H,22,24)/t14-,16-/m1/s1. The van der Waals surface area contributed by atoms with Crippen molar-refractivity contribution in [2.45, 2.75) is 38.5 Å². The highest BCUT2D eigenvalue weighted by molar-refractivity contribution is 6.29. The molecular formula is C20H22ClN5O2. The summed E-state index contributed by atoms with van der Waals surface area (Å²) in [6, 6.07) is 9.89. The molecule has 1 N–H and O–H groups in total. The van der Waals surface area contributed by atoms with Crippen molar-refractivity contribution < 1.29 is 9.53 Å². The molecule has 1 fully saturated rings. The van der Waals surface area contributed by atoms with Gasteiger partial charge >= 0.3 is 6.09 Å². The highest BCUT2D eigenvalue weighted by Gasteiger charge is 2.30. The number of anilines is 1. The summed E-state index contributed by atoms with van der Waals surface area (Å²) in [5.74, 6) is 0.659. The van der Waals surface area contributed by atoms with Gasteiger partial charge in [-0.2, -0.15) is 0 Å². The third kappa shape index (κ3) is 3.89. The second-order valence-electron chi connectivity index (χ2n) is 7.01. The smallest absolute Gasteiger partial charge is 0.410 e. The predicted molar refractivity (Wildman–Crippen MR) is 107 cm³/mol. The zero-order valence-electron chi connectivity index (χ0n) is 15.6. The molecule has 0 bridgehead atoms. The molecule has 0 radical (unpaired) electrons. The van der Waals surface area contributed by atoms with Crippen LogP contribution in [-0.2, 0) is 11.3 Å². The fraction of sp³-hybridized carbons (Fsp3) is 0.350. The van der Waals surface area contributed by atoms with Crippen molar-refractivity contribution in [3.8, 4) is 0 Å². The topological polar surface area (TPSA) is 71.8 Å². The summed E-state index contributed by atoms with van der Waals surface area (Å²) in [6.07, 6.45) is 6.57. The van der Waals surface area contributed by atoms with E-state index in [0.29, 0.717) is 23.2 Å². The zero-order chi connectivity index (χ0) is 19.5. The number of ether oxygens (including phenoxy) is 1. The molecular weight excluding hydrogens is 378 g/mol. The monoisotopic (exact) mass is 399 g/mol. The first-order chi connectivity index (χ1) is 13.6. The van der Waals surface area contributed by atoms with Crippen molar-refractivity contribution in [2.24, 2.45) is 0 Å². The quantitative estimate of drug-likeness (QED) is 0.718. The third-order valence-electron chi connectivity index (χ3n) is 5.05. The Labute approximate surface area is 168 Å². The van der Waals surface area contributed by atoms with Crippen molar-refractivity contribution in [1.82, 2.24) is 19.3 Å². The van der Waals surface area contributed by atoms with Crippen LogP contribution in [0, 0.1) is 0 Å². The second-order valence-corrected chi connectivity index (χ2v) is 7.40. The van der Waals surface area contributed by atoms with Crippen molar-refractivity contribution in [3.05, 3.63) is 59.6 Å². The first-order valence-electron chi connectivity index (χ1n) is 9.33. The van der Waals surface area contributed by atoms with Crippen LogP contribution in [0.25, 0.3) is 5.65 Å². The summed E-state index contributed by atoms with van der Waals surface area (Å²) in [6.45, 7) is 2.87. The lowest BCUT2D eigenvalue weighted by Gasteiger charge is -2.37. The van der Waals surface area contributed by atoms with Gasteiger partial charge in [0, 0.05) is 31.0 Å². The summed E-state index contributed by atoms with van der Waals surface area (Å²) in [5, 5.41) is 3.95. The Bertz CT molecular complexity index is 962. The van der Waals surface area contributed by atoms with E-state index in [0.717, 1.165) is 18.4 Å². The molecule has 2 atom stereocenters. The number of fused-ring (bicyclic) bond motifs is 1. The number of nitrogens with one attached hydrogen (secondary N) is 1. The van der Waals surface area contributed by atoms with Crippen molar-refractivity contribution >= 4 is 29.2 Å². The Morgan fingerprint density at radius 1 is 1.29 bits per heavy atom. The Morgan fingerprint density at radius 3 is 2.93 bits per heavy atom. The first-order valence-corrected chi connectivity index (χ1v) is 9.71. The minimum atomic E-state index is -0.294. The maximum Gasteiger partial charge on any atom is 0.410 e. The fourth-order valence-corrected chi connectivity index (χ4v) is 3.65. The largest absolute Gasteiger partial charge is 0.445 e. The van der Waals surface area contributed by atoms with Gasteiger partial charge in [0.25, 0.3) is 0 Å². The SMILES string of the molecule is C[C@@H]1CC[C@@H](Nc2nccn3c(Cl)cnc23)CN1C(=O)OCc1ccccc1. The third-order valence-corrected chi connectivity index (χ3v) is 5.33. The van der Waals surface area contributed by atoms with Crippen LogP contribution in [0.1, 0.15) is 25.3 Å². The van der Waals surface area contributed by atoms with Crippen LogP contribution < -0.4 is 5.32 Å². The number of halogens is 1. The van der Waals surface area contributed by atoms with Gasteiger partial charge in [0.2, 0.25) is 0 Å². The van der Waals surface area contributed by atoms with Crippen LogP contribution in [-0.4, -0.2) is 44.0 Å². The molecule has 8 heteroatoms. The molecule has 28 heavy (non-hydrogen) atoms. The van der Waals surface area contributed by atoms with Crippen molar-refractivity contribution in [1.29, 1.82) is 0 Å². The van der Waals surface area contributed by atoms with Gasteiger partial charge in [0.05, 0.1) is 6.20 Å². The van der Waals surface area contributed by atoms with Gasteiger partial charge in [-0.15, -0.1) is 0 Å². The average Bonchev–Trinajstić information content (AvgIpc) is 3.10. The second kappa shape index (κ2) is 8.06. The molecule has 0 aliphatic carbocycles. The van der Waals surface area contributed by atoms with E-state index >= 15 is 0 Å². The van der Waals surface area contributed by atoms with Gasteiger partial charge in [-0.25, -0.2) is 14.8 Å². The Balaban J connectivity index is 1.42. The van der Waals surface area contributed by atoms with E-state index in [2.05, 4.69) is 15.3 Å². The van der Waals surface area contributed by atoms with Crippen LogP contribution in [0.5, 0.6) is 0 Å². The molecule has 1 amide bonds. The number of carbonyl (C=O) groups is 1. The van der Waals surface area contributed by atoms with Gasteiger partial charge in [0.1, 0.15) is 11.8 Å². The molecule has 7 nitrogen and oxygen atoms in total. The lowest BCUT2D eigenvalue weighted by molar-refractivity contribution is 0.0696. The van der Waals surface area contributed by atoms with Crippen molar-refractivity contribution in [2.75, 3.05) is 11.9 Å². The molecule has 3 heterocycles. The minimum absolute atomic E-state index is 0.0645. The van der Waals surface area contributed by atoms with Crippen LogP contribution in [0.4, 0.5) is 10.6 Å². The van der Waals surface area contributed by atoms with E-state index in [-0.39, 0.29) is 24.8 Å². The van der Waals surface area contributed by atoms with E-state index in [1.807, 2.05) is 37.3 Å². The molecule has 4 rings (SSSR count). The molecule has 2 aromatic heterocycles. The minimum Gasteiger partial charge on any atom is -0.445 e. The van der Waals surface area contributed by atoms with Crippen LogP contribution >= 0.6 is 11.6 Å². The molecule has 0 saturated carbocycles. The summed E-state index contributed by atoms with van der Waals surface area (Å²) in [7, 11) is 0. The normalized spacial score (nSPS) is 19.6. The van der Waals surface area contributed by atoms with Gasteiger partial charge < -0.3 is 15.0 Å². The number of rotatable bonds is 4. The predicted octanol–water partition coefficient (Wildman–Crippen LogP) is 3.98. The number of carbonyl (C=O) groups excluding carboxylic acids is 1. The van der Waals surface area contributed by atoms with Gasteiger partial charge in [-0.1, -0.05) is 41.9 Å². The number of nitrogens with zero attached hydrogens (tertiary/aromatic N) is 4. The number of aromatic nitrogens is 3. The summed E-state index contributed by atoms with van der Waals surface area (Å²) in [5.41, 5.74) is 1.64. The number of hydrogen-bond donors (Lipinski definition) is 1. The maximum atomic E-state index is 12.6. The lowest BCUT2D eigenvalue weighted by atomic mass is 10.00. The van der Waals surface area contributed by atoms with E-state index in [9.17, 15) is 4.79 Å². The van der Waals surface area contributed by atoms with Crippen LogP contribution in [0.15, 0.2) is 48.9 Å². The molecule has 1 aliphatic heterocycles. The van der Waals surface area contributed by atoms with E-state index in [1.165, 1.54) is 0 Å². The molecule has 3 aromatic rings. The molecule has 1 aliphatic rings. The molecule has 1 saturated heterocycles. The van der Waals surface area contributed by atoms with Crippen molar-refractivity contribution in [3.63, 3.8) is 0 Å². The Hall–Kier alpha value is -2.80. The van der Waals surface area contributed by atoms with Crippen LogP contribution in [0.3, 0.4) is 0 Å². The maximum absolute atomic E-state index is 12.6. The molecule has 0 spiro atoms. The summed E-state index contributed by atoms with van der Waals surface area (Å²) in [4.78, 5) is 23.1. The number of amides is 1. The first kappa shape index (κ1) is 18.6. The molecule has 1 aromatic carbocycles. The highest BCUT2D eigenvalue weighted by atomic mass is 35.5. The summed E-state index contributed by atoms with van der Waals surface area (Å²) >= 11 is 6.13. The van der Waals surface area contributed by atoms with Gasteiger partial charge in [-0.05, 0) is 25.3 Å². The summed E-state index contributed by atoms with van der Waals surface area (Å²) < 4.78 is 7.29. The number of imidazole rings is 1. The van der Waals surface area contributed by atoms with E-state index in [1.54, 1.807) is 27.9 Å².